The summed E-state index contributed by atoms with van der Waals surface area (Å²) in [6, 6.07) is 1.90. The zero-order valence-electron chi connectivity index (χ0n) is 12.7. The number of carbonyl (C=O) groups excluding carboxylic acids is 1. The zero-order valence-corrected chi connectivity index (χ0v) is 14.3. The normalized spacial score (nSPS) is 11.5. The monoisotopic (exact) mass is 342 g/mol. The van der Waals surface area contributed by atoms with Crippen molar-refractivity contribution in [3.63, 3.8) is 0 Å². The second-order valence-electron chi connectivity index (χ2n) is 3.97. The van der Waals surface area contributed by atoms with Crippen LogP contribution in [0.4, 0.5) is 0 Å². The van der Waals surface area contributed by atoms with Gasteiger partial charge in [0.25, 0.3) is 0 Å². The minimum atomic E-state index is -0.647. The first-order valence-electron chi connectivity index (χ1n) is 6.55. The van der Waals surface area contributed by atoms with Gasteiger partial charge in [-0.25, -0.2) is 4.79 Å². The number of carbonyl (C=O) groups is 1. The molecule has 0 fully saturated rings. The predicted octanol–water partition coefficient (Wildman–Crippen LogP) is 1.73. The molecule has 1 rings (SSSR count). The number of aromatic nitrogens is 2. The highest BCUT2D eigenvalue weighted by molar-refractivity contribution is 8.00. The highest BCUT2D eigenvalue weighted by Gasteiger charge is 2.16. The Morgan fingerprint density at radius 1 is 1.45 bits per heavy atom. The quantitative estimate of drug-likeness (QED) is 0.238. The molecule has 0 unspecified atom stereocenters. The molecule has 1 aromatic rings. The van der Waals surface area contributed by atoms with Gasteiger partial charge in [0.1, 0.15) is 17.7 Å². The average Bonchev–Trinajstić information content (AvgIpc) is 2.99. The van der Waals surface area contributed by atoms with Crippen molar-refractivity contribution in [2.24, 2.45) is 0 Å². The lowest BCUT2D eigenvalue weighted by molar-refractivity contribution is -0.139. The molecule has 0 aliphatic carbocycles. The Morgan fingerprint density at radius 3 is 2.77 bits per heavy atom. The van der Waals surface area contributed by atoms with Crippen LogP contribution in [-0.4, -0.2) is 42.7 Å². The van der Waals surface area contributed by atoms with Crippen LogP contribution in [0.2, 0.25) is 0 Å². The number of methoxy groups -OCH3 is 1. The Labute approximate surface area is 137 Å². The fraction of sp³-hybridized carbons (Fsp3) is 0.538. The van der Waals surface area contributed by atoms with Crippen molar-refractivity contribution in [2.75, 3.05) is 26.6 Å². The Kier molecular flexibility index (Phi) is 8.50. The maximum Gasteiger partial charge on any atom is 0.350 e. The van der Waals surface area contributed by atoms with E-state index in [1.165, 1.54) is 30.2 Å². The summed E-state index contributed by atoms with van der Waals surface area (Å²) in [5.41, 5.74) is 0.513. The number of esters is 1. The summed E-state index contributed by atoms with van der Waals surface area (Å²) in [6.45, 7) is 2.68. The molecule has 0 spiro atoms. The van der Waals surface area contributed by atoms with Gasteiger partial charge in [-0.1, -0.05) is 30.0 Å². The van der Waals surface area contributed by atoms with Crippen molar-refractivity contribution in [3.8, 4) is 6.07 Å². The summed E-state index contributed by atoms with van der Waals surface area (Å²) in [4.78, 5) is 11.9. The van der Waals surface area contributed by atoms with Crippen molar-refractivity contribution in [1.29, 1.82) is 5.26 Å². The minimum absolute atomic E-state index is 0.0202. The Morgan fingerprint density at radius 2 is 2.23 bits per heavy atom. The van der Waals surface area contributed by atoms with Gasteiger partial charge in [-0.3, -0.25) is 0 Å². The van der Waals surface area contributed by atoms with Crippen molar-refractivity contribution in [3.05, 3.63) is 16.3 Å². The fourth-order valence-electron chi connectivity index (χ4n) is 1.49. The highest BCUT2D eigenvalue weighted by atomic mass is 32.2. The largest absolute Gasteiger partial charge is 0.459 e. The number of thioether (sulfide) groups is 1. The number of nitrogens with one attached hydrogen (secondary N) is 1. The molecule has 0 aromatic carbocycles. The lowest BCUT2D eigenvalue weighted by Crippen LogP contribution is -2.20. The molecule has 0 bridgehead atoms. The number of ether oxygens (including phenoxy) is 2. The second-order valence-corrected chi connectivity index (χ2v) is 6.08. The summed E-state index contributed by atoms with van der Waals surface area (Å²) in [5.74, 6) is -0.647. The van der Waals surface area contributed by atoms with Crippen molar-refractivity contribution in [2.45, 2.75) is 24.2 Å². The Balaban J connectivity index is 2.71. The van der Waals surface area contributed by atoms with Gasteiger partial charge in [0, 0.05) is 12.8 Å². The van der Waals surface area contributed by atoms with Crippen LogP contribution in [0.15, 0.2) is 15.6 Å². The third-order valence-electron chi connectivity index (χ3n) is 2.57. The molecule has 22 heavy (non-hydrogen) atoms. The van der Waals surface area contributed by atoms with E-state index in [0.717, 1.165) is 9.35 Å². The van der Waals surface area contributed by atoms with E-state index in [-0.39, 0.29) is 12.2 Å². The van der Waals surface area contributed by atoms with Crippen LogP contribution in [0, 0.1) is 11.3 Å². The fourth-order valence-corrected chi connectivity index (χ4v) is 2.74. The number of hydrogen-bond acceptors (Lipinski definition) is 9. The number of rotatable bonds is 9. The molecule has 0 aliphatic heterocycles. The molecule has 1 N–H and O–H groups in total. The van der Waals surface area contributed by atoms with Gasteiger partial charge in [-0.05, 0) is 12.7 Å². The maximum atomic E-state index is 11.9. The molecule has 1 heterocycles. The van der Waals surface area contributed by atoms with Crippen molar-refractivity contribution in [1.82, 2.24) is 15.5 Å². The molecular formula is C13H18N4O3S2. The van der Waals surface area contributed by atoms with E-state index in [0.29, 0.717) is 25.3 Å². The third kappa shape index (κ3) is 5.63. The highest BCUT2D eigenvalue weighted by Crippen LogP contribution is 2.19. The van der Waals surface area contributed by atoms with E-state index in [1.54, 1.807) is 0 Å². The van der Waals surface area contributed by atoms with Gasteiger partial charge in [0.05, 0.1) is 13.2 Å². The van der Waals surface area contributed by atoms with Gasteiger partial charge >= 0.3 is 5.97 Å². The average molecular weight is 342 g/mol. The molecular weight excluding hydrogens is 324 g/mol. The summed E-state index contributed by atoms with van der Waals surface area (Å²) in [6.07, 6.45) is 2.44. The number of allylic oxidation sites excluding steroid dienone is 1. The first-order valence-corrected chi connectivity index (χ1v) is 8.59. The summed E-state index contributed by atoms with van der Waals surface area (Å²) >= 11 is 2.99. The smallest absolute Gasteiger partial charge is 0.350 e. The van der Waals surface area contributed by atoms with E-state index >= 15 is 0 Å². The Bertz CT molecular complexity index is 566. The van der Waals surface area contributed by atoms with Crippen molar-refractivity contribution < 1.29 is 14.3 Å². The van der Waals surface area contributed by atoms with E-state index in [1.807, 2.05) is 19.2 Å². The lowest BCUT2D eigenvalue weighted by Gasteiger charge is -2.10. The molecule has 120 valence electrons. The first kappa shape index (κ1) is 18.4. The molecule has 1 aromatic heterocycles. The van der Waals surface area contributed by atoms with E-state index in [2.05, 4.69) is 15.5 Å². The summed E-state index contributed by atoms with van der Waals surface area (Å²) in [5, 5.41) is 21.1. The molecule has 0 saturated carbocycles. The number of nitrogens with zero attached hydrogens (tertiary/aromatic N) is 3. The summed E-state index contributed by atoms with van der Waals surface area (Å²) in [7, 11) is 1.51. The predicted molar refractivity (Wildman–Crippen MR) is 84.3 cm³/mol. The molecule has 0 amide bonds. The minimum Gasteiger partial charge on any atom is -0.459 e. The topological polar surface area (TPSA) is 97.1 Å². The van der Waals surface area contributed by atoms with Gasteiger partial charge in [-0.2, -0.15) is 5.26 Å². The van der Waals surface area contributed by atoms with Crippen LogP contribution in [-0.2, 0) is 20.8 Å². The second kappa shape index (κ2) is 10.2. The molecule has 7 nitrogen and oxygen atoms in total. The van der Waals surface area contributed by atoms with Gasteiger partial charge in [-0.15, -0.1) is 10.2 Å². The van der Waals surface area contributed by atoms with Crippen LogP contribution < -0.4 is 5.32 Å². The van der Waals surface area contributed by atoms with Gasteiger partial charge in [0.15, 0.2) is 9.91 Å². The first-order chi connectivity index (χ1) is 10.7. The molecule has 0 radical (unpaired) electrons. The SMILES string of the molecule is CC/C(NCc1nnc(SC)s1)=C(/C#N)C(=O)OCCOC. The van der Waals surface area contributed by atoms with E-state index in [4.69, 9.17) is 9.47 Å². The molecule has 0 atom stereocenters. The maximum absolute atomic E-state index is 11.9. The van der Waals surface area contributed by atoms with E-state index < -0.39 is 5.97 Å². The lowest BCUT2D eigenvalue weighted by atomic mass is 10.2. The van der Waals surface area contributed by atoms with Crippen molar-refractivity contribution >= 4 is 29.1 Å². The molecule has 0 saturated heterocycles. The van der Waals surface area contributed by atoms with Crippen LogP contribution in [0.3, 0.4) is 0 Å². The van der Waals surface area contributed by atoms with E-state index in [9.17, 15) is 10.1 Å². The molecule has 9 heteroatoms. The third-order valence-corrected chi connectivity index (χ3v) is 4.47. The van der Waals surface area contributed by atoms with Crippen LogP contribution in [0.25, 0.3) is 0 Å². The molecule has 0 aliphatic rings. The van der Waals surface area contributed by atoms with Gasteiger partial charge in [0.2, 0.25) is 0 Å². The van der Waals surface area contributed by atoms with Crippen LogP contribution >= 0.6 is 23.1 Å². The summed E-state index contributed by atoms with van der Waals surface area (Å²) < 4.78 is 10.7. The zero-order chi connectivity index (χ0) is 16.4. The van der Waals surface area contributed by atoms with Crippen LogP contribution in [0.5, 0.6) is 0 Å². The number of hydrogen-bond donors (Lipinski definition) is 1. The number of nitriles is 1. The van der Waals surface area contributed by atoms with Crippen LogP contribution in [0.1, 0.15) is 18.4 Å². The Hall–Kier alpha value is -1.63. The van der Waals surface area contributed by atoms with Gasteiger partial charge < -0.3 is 14.8 Å². The standard InChI is InChI=1S/C13H18N4O3S2/c1-4-10(9(7-14)12(18)20-6-5-19-2)15-8-11-16-17-13(21-3)22-11/h15H,4-6,8H2,1-3H3/b10-9+.